The Morgan fingerprint density at radius 3 is 2.56 bits per heavy atom. The Bertz CT molecular complexity index is 781. The lowest BCUT2D eigenvalue weighted by molar-refractivity contribution is -0.120. The number of amides is 1. The number of hydrogen-bond acceptors (Lipinski definition) is 6. The van der Waals surface area contributed by atoms with Crippen LogP contribution in [0.4, 0.5) is 0 Å². The van der Waals surface area contributed by atoms with Crippen molar-refractivity contribution < 1.29 is 18.8 Å². The Morgan fingerprint density at radius 2 is 1.93 bits per heavy atom. The lowest BCUT2D eigenvalue weighted by Crippen LogP contribution is -2.42. The van der Waals surface area contributed by atoms with Crippen LogP contribution in [0.3, 0.4) is 0 Å². The minimum Gasteiger partial charge on any atom is -0.493 e. The second-order valence-corrected chi connectivity index (χ2v) is 7.09. The van der Waals surface area contributed by atoms with Crippen LogP contribution < -0.4 is 14.8 Å². The van der Waals surface area contributed by atoms with Crippen molar-refractivity contribution in [2.45, 2.75) is 50.9 Å². The molecule has 1 N–H and O–H groups in total. The van der Waals surface area contributed by atoms with Gasteiger partial charge in [0, 0.05) is 18.9 Å². The molecule has 146 valence electrons. The van der Waals surface area contributed by atoms with Crippen LogP contribution in [0.2, 0.25) is 0 Å². The number of benzene rings is 1. The van der Waals surface area contributed by atoms with E-state index in [2.05, 4.69) is 21.5 Å². The van der Waals surface area contributed by atoms with Gasteiger partial charge in [-0.1, -0.05) is 30.5 Å². The van der Waals surface area contributed by atoms with Gasteiger partial charge in [0.2, 0.25) is 11.8 Å². The van der Waals surface area contributed by atoms with Gasteiger partial charge in [-0.3, -0.25) is 4.79 Å². The highest BCUT2D eigenvalue weighted by molar-refractivity contribution is 5.77. The third kappa shape index (κ3) is 4.40. The summed E-state index contributed by atoms with van der Waals surface area (Å²) in [6.07, 6.45) is 5.71. The molecule has 1 saturated carbocycles. The van der Waals surface area contributed by atoms with E-state index in [4.69, 9.17) is 14.0 Å². The molecule has 0 aliphatic heterocycles. The Morgan fingerprint density at radius 1 is 1.19 bits per heavy atom. The maximum Gasteiger partial charge on any atom is 0.227 e. The number of carbonyl (C=O) groups excluding carboxylic acids is 1. The third-order valence-corrected chi connectivity index (χ3v) is 5.32. The van der Waals surface area contributed by atoms with E-state index in [-0.39, 0.29) is 17.7 Å². The van der Waals surface area contributed by atoms with Crippen LogP contribution in [0.15, 0.2) is 22.7 Å². The molecule has 0 atom stereocenters. The van der Waals surface area contributed by atoms with Gasteiger partial charge < -0.3 is 19.3 Å². The summed E-state index contributed by atoms with van der Waals surface area (Å²) in [5, 5.41) is 6.87. The van der Waals surface area contributed by atoms with Crippen LogP contribution in [0.25, 0.3) is 0 Å². The van der Waals surface area contributed by atoms with Crippen LogP contribution in [-0.4, -0.2) is 36.8 Å². The van der Waals surface area contributed by atoms with Crippen LogP contribution in [0, 0.1) is 6.92 Å². The van der Waals surface area contributed by atoms with Crippen molar-refractivity contribution in [1.29, 1.82) is 0 Å². The molecule has 0 bridgehead atoms. The lowest BCUT2D eigenvalue weighted by atomic mass is 9.69. The summed E-state index contributed by atoms with van der Waals surface area (Å²) < 4.78 is 15.8. The summed E-state index contributed by atoms with van der Waals surface area (Å²) in [6.45, 7) is 2.29. The SMILES string of the molecule is COc1ccc(C2(CNC(=O)Cc3noc(C)n3)CCCCC2)cc1OC. The van der Waals surface area contributed by atoms with E-state index in [0.717, 1.165) is 25.7 Å². The van der Waals surface area contributed by atoms with Crippen LogP contribution >= 0.6 is 0 Å². The molecule has 1 amide bonds. The monoisotopic (exact) mass is 373 g/mol. The van der Waals surface area contributed by atoms with Gasteiger partial charge in [0.25, 0.3) is 0 Å². The van der Waals surface area contributed by atoms with Gasteiger partial charge in [0.05, 0.1) is 20.6 Å². The zero-order chi connectivity index (χ0) is 19.3. The van der Waals surface area contributed by atoms with E-state index < -0.39 is 0 Å². The summed E-state index contributed by atoms with van der Waals surface area (Å²) >= 11 is 0. The molecule has 0 spiro atoms. The molecular weight excluding hydrogens is 346 g/mol. The number of rotatable bonds is 7. The van der Waals surface area contributed by atoms with Gasteiger partial charge in [-0.05, 0) is 30.5 Å². The van der Waals surface area contributed by atoms with Crippen molar-refractivity contribution in [2.75, 3.05) is 20.8 Å². The normalized spacial score (nSPS) is 16.0. The number of nitrogens with zero attached hydrogens (tertiary/aromatic N) is 2. The second kappa shape index (κ2) is 8.41. The molecule has 1 aromatic carbocycles. The van der Waals surface area contributed by atoms with Gasteiger partial charge >= 0.3 is 0 Å². The Hall–Kier alpha value is -2.57. The molecule has 27 heavy (non-hydrogen) atoms. The first kappa shape index (κ1) is 19.2. The highest BCUT2D eigenvalue weighted by Gasteiger charge is 2.35. The predicted octanol–water partition coefficient (Wildman–Crippen LogP) is 2.96. The molecule has 1 aromatic heterocycles. The van der Waals surface area contributed by atoms with E-state index in [1.807, 2.05) is 12.1 Å². The van der Waals surface area contributed by atoms with Crippen molar-refractivity contribution in [3.63, 3.8) is 0 Å². The smallest absolute Gasteiger partial charge is 0.227 e. The minimum atomic E-state index is -0.0966. The molecule has 0 radical (unpaired) electrons. The van der Waals surface area contributed by atoms with E-state index in [1.54, 1.807) is 21.1 Å². The zero-order valence-corrected chi connectivity index (χ0v) is 16.2. The van der Waals surface area contributed by atoms with Crippen LogP contribution in [0.1, 0.15) is 49.4 Å². The lowest BCUT2D eigenvalue weighted by Gasteiger charge is -2.38. The highest BCUT2D eigenvalue weighted by Crippen LogP contribution is 2.42. The van der Waals surface area contributed by atoms with Gasteiger partial charge in [0.15, 0.2) is 17.3 Å². The van der Waals surface area contributed by atoms with E-state index in [0.29, 0.717) is 29.8 Å². The van der Waals surface area contributed by atoms with Gasteiger partial charge in [-0.25, -0.2) is 0 Å². The van der Waals surface area contributed by atoms with Gasteiger partial charge in [0.1, 0.15) is 0 Å². The fraction of sp³-hybridized carbons (Fsp3) is 0.550. The number of aryl methyl sites for hydroxylation is 1. The largest absolute Gasteiger partial charge is 0.493 e. The number of carbonyl (C=O) groups is 1. The molecule has 0 unspecified atom stereocenters. The summed E-state index contributed by atoms with van der Waals surface area (Å²) in [6, 6.07) is 6.06. The molecule has 7 nitrogen and oxygen atoms in total. The van der Waals surface area contributed by atoms with E-state index in [1.165, 1.54) is 12.0 Å². The average molecular weight is 373 g/mol. The highest BCUT2D eigenvalue weighted by atomic mass is 16.5. The number of ether oxygens (including phenoxy) is 2. The third-order valence-electron chi connectivity index (χ3n) is 5.32. The minimum absolute atomic E-state index is 0.0961. The molecular formula is C20H27N3O4. The van der Waals surface area contributed by atoms with E-state index in [9.17, 15) is 4.79 Å². The summed E-state index contributed by atoms with van der Waals surface area (Å²) in [4.78, 5) is 16.5. The number of methoxy groups -OCH3 is 2. The van der Waals surface area contributed by atoms with E-state index >= 15 is 0 Å². The fourth-order valence-corrected chi connectivity index (χ4v) is 3.85. The maximum atomic E-state index is 12.4. The fourth-order valence-electron chi connectivity index (χ4n) is 3.85. The molecule has 1 fully saturated rings. The maximum absolute atomic E-state index is 12.4. The molecule has 1 aliphatic carbocycles. The molecule has 7 heteroatoms. The van der Waals surface area contributed by atoms with Gasteiger partial charge in [-0.15, -0.1) is 0 Å². The first-order chi connectivity index (χ1) is 13.1. The second-order valence-electron chi connectivity index (χ2n) is 7.09. The molecule has 1 aliphatic rings. The molecule has 2 aromatic rings. The first-order valence-electron chi connectivity index (χ1n) is 9.35. The number of hydrogen-bond donors (Lipinski definition) is 1. The molecule has 0 saturated heterocycles. The van der Waals surface area contributed by atoms with Crippen molar-refractivity contribution in [2.24, 2.45) is 0 Å². The first-order valence-corrected chi connectivity index (χ1v) is 9.35. The quantitative estimate of drug-likeness (QED) is 0.803. The van der Waals surface area contributed by atoms with Crippen molar-refractivity contribution in [3.05, 3.63) is 35.5 Å². The zero-order valence-electron chi connectivity index (χ0n) is 16.2. The van der Waals surface area contributed by atoms with Gasteiger partial charge in [-0.2, -0.15) is 4.98 Å². The summed E-state index contributed by atoms with van der Waals surface area (Å²) in [5.41, 5.74) is 1.08. The van der Waals surface area contributed by atoms with Crippen LogP contribution in [-0.2, 0) is 16.6 Å². The van der Waals surface area contributed by atoms with Crippen molar-refractivity contribution in [3.8, 4) is 11.5 Å². The summed E-state index contributed by atoms with van der Waals surface area (Å²) in [5.74, 6) is 2.21. The topological polar surface area (TPSA) is 86.5 Å². The van der Waals surface area contributed by atoms with Crippen molar-refractivity contribution in [1.82, 2.24) is 15.5 Å². The average Bonchev–Trinajstić information content (AvgIpc) is 3.11. The predicted molar refractivity (Wildman–Crippen MR) is 100 cm³/mol. The standard InChI is InChI=1S/C20H27N3O4/c1-14-22-18(23-27-14)12-19(24)21-13-20(9-5-4-6-10-20)15-7-8-16(25-2)17(11-15)26-3/h7-8,11H,4-6,9-10,12-13H2,1-3H3,(H,21,24). The Kier molecular flexibility index (Phi) is 5.98. The van der Waals surface area contributed by atoms with Crippen molar-refractivity contribution >= 4 is 5.91 Å². The number of nitrogens with one attached hydrogen (secondary N) is 1. The van der Waals surface area contributed by atoms with Crippen LogP contribution in [0.5, 0.6) is 11.5 Å². The number of aromatic nitrogens is 2. The summed E-state index contributed by atoms with van der Waals surface area (Å²) in [7, 11) is 3.28. The Labute approximate surface area is 159 Å². The molecule has 3 rings (SSSR count). The molecule has 1 heterocycles. The Balaban J connectivity index is 1.75.